The lowest BCUT2D eigenvalue weighted by Gasteiger charge is -2.04. The van der Waals surface area contributed by atoms with Gasteiger partial charge in [0.2, 0.25) is 5.91 Å². The molecule has 1 atom stereocenters. The van der Waals surface area contributed by atoms with Crippen LogP contribution >= 0.6 is 27.3 Å². The van der Waals surface area contributed by atoms with E-state index in [0.29, 0.717) is 5.13 Å². The minimum absolute atomic E-state index is 0.0386. The highest BCUT2D eigenvalue weighted by Crippen LogP contribution is 2.27. The number of aromatic nitrogens is 1. The van der Waals surface area contributed by atoms with E-state index in [4.69, 9.17) is 0 Å². The van der Waals surface area contributed by atoms with Gasteiger partial charge in [-0.3, -0.25) is 4.79 Å². The van der Waals surface area contributed by atoms with Crippen LogP contribution in [-0.4, -0.2) is 15.7 Å². The van der Waals surface area contributed by atoms with Gasteiger partial charge in [0.25, 0.3) is 0 Å². The van der Waals surface area contributed by atoms with Crippen LogP contribution in [0.3, 0.4) is 0 Å². The fourth-order valence-corrected chi connectivity index (χ4v) is 2.54. The molecule has 0 unspecified atom stereocenters. The summed E-state index contributed by atoms with van der Waals surface area (Å²) in [5, 5.41) is 3.48. The number of carbonyl (C=O) groups is 1. The van der Waals surface area contributed by atoms with E-state index in [2.05, 4.69) is 32.3 Å². The van der Waals surface area contributed by atoms with E-state index in [1.165, 1.54) is 16.9 Å². The monoisotopic (exact) mass is 312 g/mol. The molecule has 1 aromatic carbocycles. The first-order valence-corrected chi connectivity index (χ1v) is 7.15. The molecule has 0 spiro atoms. The van der Waals surface area contributed by atoms with Gasteiger partial charge in [0.05, 0.1) is 15.0 Å². The van der Waals surface area contributed by atoms with Crippen molar-refractivity contribution in [2.75, 3.05) is 5.32 Å². The van der Waals surface area contributed by atoms with Crippen LogP contribution in [0.2, 0.25) is 0 Å². The standard InChI is InChI=1S/C12H13BrN2OS/c1-3-8(13)11(16)15-12-14-9-5-4-7(2)6-10(9)17-12/h4-6,8H,3H2,1-2H3,(H,14,15,16)/t8-/m1/s1. The first-order valence-electron chi connectivity index (χ1n) is 5.42. The molecule has 17 heavy (non-hydrogen) atoms. The Morgan fingerprint density at radius 3 is 3.06 bits per heavy atom. The molecule has 0 radical (unpaired) electrons. The number of halogens is 1. The zero-order valence-corrected chi connectivity index (χ0v) is 12.1. The van der Waals surface area contributed by atoms with E-state index >= 15 is 0 Å². The van der Waals surface area contributed by atoms with Gasteiger partial charge in [-0.15, -0.1) is 0 Å². The lowest BCUT2D eigenvalue weighted by atomic mass is 10.2. The van der Waals surface area contributed by atoms with Crippen molar-refractivity contribution in [3.63, 3.8) is 0 Å². The Morgan fingerprint density at radius 2 is 2.35 bits per heavy atom. The van der Waals surface area contributed by atoms with E-state index in [9.17, 15) is 4.79 Å². The average molecular weight is 313 g/mol. The van der Waals surface area contributed by atoms with E-state index in [1.807, 2.05) is 26.0 Å². The van der Waals surface area contributed by atoms with Gasteiger partial charge in [-0.25, -0.2) is 4.98 Å². The van der Waals surface area contributed by atoms with Gasteiger partial charge in [-0.05, 0) is 31.0 Å². The van der Waals surface area contributed by atoms with Crippen molar-refractivity contribution in [2.45, 2.75) is 25.1 Å². The van der Waals surface area contributed by atoms with Gasteiger partial charge < -0.3 is 5.32 Å². The molecule has 0 aliphatic carbocycles. The molecular weight excluding hydrogens is 300 g/mol. The summed E-state index contributed by atoms with van der Waals surface area (Å²) < 4.78 is 1.10. The van der Waals surface area contributed by atoms with Crippen LogP contribution in [-0.2, 0) is 4.79 Å². The number of fused-ring (bicyclic) bond motifs is 1. The third-order valence-corrected chi connectivity index (χ3v) is 4.41. The molecule has 1 heterocycles. The predicted molar refractivity (Wildman–Crippen MR) is 76.0 cm³/mol. The Bertz CT molecular complexity index is 552. The molecule has 2 rings (SSSR count). The molecule has 1 amide bonds. The third kappa shape index (κ3) is 2.84. The fraction of sp³-hybridized carbons (Fsp3) is 0.333. The molecule has 0 saturated carbocycles. The van der Waals surface area contributed by atoms with Crippen LogP contribution in [0, 0.1) is 6.92 Å². The molecule has 90 valence electrons. The van der Waals surface area contributed by atoms with Crippen molar-refractivity contribution in [3.8, 4) is 0 Å². The number of hydrogen-bond donors (Lipinski definition) is 1. The van der Waals surface area contributed by atoms with Gasteiger partial charge in [0, 0.05) is 0 Å². The highest BCUT2D eigenvalue weighted by molar-refractivity contribution is 9.10. The summed E-state index contributed by atoms with van der Waals surface area (Å²) in [6, 6.07) is 6.07. The van der Waals surface area contributed by atoms with Crippen LogP contribution in [0.4, 0.5) is 5.13 Å². The lowest BCUT2D eigenvalue weighted by molar-refractivity contribution is -0.115. The molecule has 5 heteroatoms. The van der Waals surface area contributed by atoms with Gasteiger partial charge in [-0.2, -0.15) is 0 Å². The zero-order valence-electron chi connectivity index (χ0n) is 9.66. The number of aryl methyl sites for hydroxylation is 1. The largest absolute Gasteiger partial charge is 0.301 e. The Hall–Kier alpha value is -0.940. The molecule has 1 N–H and O–H groups in total. The summed E-state index contributed by atoms with van der Waals surface area (Å²) in [5.41, 5.74) is 2.13. The maximum atomic E-state index is 11.7. The number of anilines is 1. The summed E-state index contributed by atoms with van der Waals surface area (Å²) >= 11 is 4.82. The van der Waals surface area contributed by atoms with E-state index in [-0.39, 0.29) is 10.7 Å². The Kier molecular flexibility index (Phi) is 3.79. The highest BCUT2D eigenvalue weighted by Gasteiger charge is 2.14. The second kappa shape index (κ2) is 5.14. The van der Waals surface area contributed by atoms with Crippen LogP contribution in [0.25, 0.3) is 10.2 Å². The molecule has 0 aliphatic rings. The molecule has 2 aromatic rings. The van der Waals surface area contributed by atoms with E-state index < -0.39 is 0 Å². The maximum Gasteiger partial charge on any atom is 0.239 e. The molecule has 0 fully saturated rings. The fourth-order valence-electron chi connectivity index (χ4n) is 1.45. The van der Waals surface area contributed by atoms with E-state index in [1.54, 1.807) is 0 Å². The Balaban J connectivity index is 2.22. The number of carbonyl (C=O) groups excluding carboxylic acids is 1. The van der Waals surface area contributed by atoms with Gasteiger partial charge in [0.15, 0.2) is 5.13 Å². The SMILES string of the molecule is CC[C@@H](Br)C(=O)Nc1nc2ccc(C)cc2s1. The summed E-state index contributed by atoms with van der Waals surface area (Å²) in [6.07, 6.45) is 0.760. The number of thiazole rings is 1. The number of rotatable bonds is 3. The van der Waals surface area contributed by atoms with Crippen LogP contribution in [0.5, 0.6) is 0 Å². The topological polar surface area (TPSA) is 42.0 Å². The van der Waals surface area contributed by atoms with Crippen molar-refractivity contribution in [3.05, 3.63) is 23.8 Å². The average Bonchev–Trinajstić information content (AvgIpc) is 2.69. The number of amides is 1. The van der Waals surface area contributed by atoms with Crippen molar-refractivity contribution in [2.24, 2.45) is 0 Å². The van der Waals surface area contributed by atoms with Gasteiger partial charge in [-0.1, -0.05) is 40.3 Å². The molecule has 0 bridgehead atoms. The normalized spacial score (nSPS) is 12.6. The first-order chi connectivity index (χ1) is 8.10. The second-order valence-corrected chi connectivity index (χ2v) is 5.99. The van der Waals surface area contributed by atoms with Crippen molar-refractivity contribution in [1.82, 2.24) is 4.98 Å². The molecule has 3 nitrogen and oxygen atoms in total. The van der Waals surface area contributed by atoms with Crippen LogP contribution in [0.1, 0.15) is 18.9 Å². The zero-order chi connectivity index (χ0) is 12.4. The number of nitrogens with one attached hydrogen (secondary N) is 1. The van der Waals surface area contributed by atoms with Crippen LogP contribution < -0.4 is 5.32 Å². The van der Waals surface area contributed by atoms with Gasteiger partial charge in [0.1, 0.15) is 0 Å². The third-order valence-electron chi connectivity index (χ3n) is 2.42. The Morgan fingerprint density at radius 1 is 1.59 bits per heavy atom. The predicted octanol–water partition coefficient (Wildman–Crippen LogP) is 3.72. The van der Waals surface area contributed by atoms with Crippen molar-refractivity contribution in [1.29, 1.82) is 0 Å². The number of hydrogen-bond acceptors (Lipinski definition) is 3. The lowest BCUT2D eigenvalue weighted by Crippen LogP contribution is -2.21. The molecule has 1 aromatic heterocycles. The maximum absolute atomic E-state index is 11.7. The van der Waals surface area contributed by atoms with E-state index in [0.717, 1.165) is 16.6 Å². The van der Waals surface area contributed by atoms with Crippen LogP contribution in [0.15, 0.2) is 18.2 Å². The minimum Gasteiger partial charge on any atom is -0.301 e. The number of benzene rings is 1. The minimum atomic E-state index is -0.156. The summed E-state index contributed by atoms with van der Waals surface area (Å²) in [7, 11) is 0. The summed E-state index contributed by atoms with van der Waals surface area (Å²) in [5.74, 6) is -0.0386. The van der Waals surface area contributed by atoms with Crippen molar-refractivity contribution >= 4 is 48.5 Å². The summed E-state index contributed by atoms with van der Waals surface area (Å²) in [6.45, 7) is 4.00. The molecule has 0 aliphatic heterocycles. The Labute approximate surface area is 112 Å². The van der Waals surface area contributed by atoms with Gasteiger partial charge >= 0.3 is 0 Å². The summed E-state index contributed by atoms with van der Waals surface area (Å²) in [4.78, 5) is 15.9. The first kappa shape index (κ1) is 12.5. The van der Waals surface area contributed by atoms with Crippen molar-refractivity contribution < 1.29 is 4.79 Å². The number of alkyl halides is 1. The second-order valence-electron chi connectivity index (χ2n) is 3.86. The quantitative estimate of drug-likeness (QED) is 0.878. The number of nitrogens with zero attached hydrogens (tertiary/aromatic N) is 1. The molecular formula is C12H13BrN2OS. The molecule has 0 saturated heterocycles. The smallest absolute Gasteiger partial charge is 0.239 e. The highest BCUT2D eigenvalue weighted by atomic mass is 79.9.